The second-order valence-corrected chi connectivity index (χ2v) is 7.87. The summed E-state index contributed by atoms with van der Waals surface area (Å²) in [4.78, 5) is 14.8. The molecule has 1 N–H and O–H groups in total. The van der Waals surface area contributed by atoms with Crippen molar-refractivity contribution >= 4 is 5.91 Å². The van der Waals surface area contributed by atoms with Gasteiger partial charge in [-0.2, -0.15) is 0 Å². The normalized spacial score (nSPS) is 17.0. The molecule has 0 bridgehead atoms. The van der Waals surface area contributed by atoms with Gasteiger partial charge in [-0.3, -0.25) is 9.69 Å². The van der Waals surface area contributed by atoms with Crippen LogP contribution in [0, 0.1) is 0 Å². The molecule has 3 rings (SSSR count). The predicted octanol–water partition coefficient (Wildman–Crippen LogP) is 3.55. The molecule has 29 heavy (non-hydrogen) atoms. The average Bonchev–Trinajstić information content (AvgIpc) is 2.78. The van der Waals surface area contributed by atoms with E-state index in [1.54, 1.807) is 7.11 Å². The van der Waals surface area contributed by atoms with Crippen LogP contribution in [0.25, 0.3) is 0 Å². The molecule has 2 aromatic carbocycles. The van der Waals surface area contributed by atoms with Gasteiger partial charge in [0, 0.05) is 36.8 Å². The van der Waals surface area contributed by atoms with Crippen molar-refractivity contribution in [3.05, 3.63) is 65.7 Å². The van der Waals surface area contributed by atoms with Gasteiger partial charge in [-0.25, -0.2) is 0 Å². The van der Waals surface area contributed by atoms with E-state index in [2.05, 4.69) is 36.5 Å². The maximum absolute atomic E-state index is 12.7. The molecule has 2 aromatic rings. The molecule has 0 radical (unpaired) electrons. The van der Waals surface area contributed by atoms with Crippen LogP contribution in [-0.2, 0) is 14.9 Å². The minimum atomic E-state index is -0.0536. The molecule has 1 saturated heterocycles. The summed E-state index contributed by atoms with van der Waals surface area (Å²) in [5.74, 6) is 0.883. The molecule has 0 spiro atoms. The van der Waals surface area contributed by atoms with Crippen molar-refractivity contribution in [3.8, 4) is 5.75 Å². The first-order valence-electron chi connectivity index (χ1n) is 10.3. The molecule has 1 aliphatic rings. The number of nitrogens with one attached hydrogen (secondary N) is 1. The maximum atomic E-state index is 12.7. The fourth-order valence-electron chi connectivity index (χ4n) is 4.06. The number of nitrogens with zero attached hydrogens (tertiary/aromatic N) is 1. The molecule has 5 nitrogen and oxygen atoms in total. The van der Waals surface area contributed by atoms with Crippen LogP contribution in [0.4, 0.5) is 0 Å². The summed E-state index contributed by atoms with van der Waals surface area (Å²) >= 11 is 0. The second kappa shape index (κ2) is 9.90. The topological polar surface area (TPSA) is 50.8 Å². The van der Waals surface area contributed by atoms with Gasteiger partial charge in [0.25, 0.3) is 0 Å². The van der Waals surface area contributed by atoms with E-state index in [1.165, 1.54) is 5.56 Å². The first-order valence-corrected chi connectivity index (χ1v) is 10.3. The third kappa shape index (κ3) is 5.17. The molecule has 0 aromatic heterocycles. The van der Waals surface area contributed by atoms with Crippen LogP contribution in [0.3, 0.4) is 0 Å². The molecule has 1 fully saturated rings. The van der Waals surface area contributed by atoms with E-state index in [0.717, 1.165) is 37.4 Å². The van der Waals surface area contributed by atoms with Gasteiger partial charge in [-0.15, -0.1) is 0 Å². The number of carbonyl (C=O) groups excluding carboxylic acids is 1. The highest BCUT2D eigenvalue weighted by Gasteiger charge is 2.34. The number of ether oxygens (including phenoxy) is 2. The van der Waals surface area contributed by atoms with Crippen LogP contribution >= 0.6 is 0 Å². The molecule has 1 atom stereocenters. The van der Waals surface area contributed by atoms with Crippen molar-refractivity contribution in [1.29, 1.82) is 0 Å². The third-order valence-electron chi connectivity index (χ3n) is 6.10. The molecule has 1 amide bonds. The molecular formula is C24H32N2O3. The molecule has 1 heterocycles. The molecule has 0 saturated carbocycles. The Labute approximate surface area is 174 Å². The Morgan fingerprint density at radius 1 is 1.14 bits per heavy atom. The van der Waals surface area contributed by atoms with Gasteiger partial charge in [-0.05, 0) is 38.4 Å². The fraction of sp³-hybridized carbons (Fsp3) is 0.458. The lowest BCUT2D eigenvalue weighted by Gasteiger charge is -2.38. The number of hydrogen-bond donors (Lipinski definition) is 1. The van der Waals surface area contributed by atoms with Crippen molar-refractivity contribution < 1.29 is 14.3 Å². The van der Waals surface area contributed by atoms with Crippen LogP contribution in [0.15, 0.2) is 54.6 Å². The Morgan fingerprint density at radius 2 is 1.79 bits per heavy atom. The van der Waals surface area contributed by atoms with Gasteiger partial charge in [0.2, 0.25) is 5.91 Å². The standard InChI is InChI=1S/C24H32N2O3/c1-19(21-11-7-8-12-22(21)28-3)26(2)17-23(27)25-18-24(13-15-29-16-14-24)20-9-5-4-6-10-20/h4-12,19H,13-18H2,1-3H3,(H,25,27)/t19-/m0/s1. The molecule has 1 aliphatic heterocycles. The Morgan fingerprint density at radius 3 is 2.48 bits per heavy atom. The number of likely N-dealkylation sites (N-methyl/N-ethyl adjacent to an activating group) is 1. The van der Waals surface area contributed by atoms with E-state index in [0.29, 0.717) is 13.1 Å². The highest BCUT2D eigenvalue weighted by molar-refractivity contribution is 5.78. The van der Waals surface area contributed by atoms with E-state index in [9.17, 15) is 4.79 Å². The lowest BCUT2D eigenvalue weighted by atomic mass is 9.74. The summed E-state index contributed by atoms with van der Waals surface area (Å²) in [5, 5.41) is 3.19. The van der Waals surface area contributed by atoms with E-state index < -0.39 is 0 Å². The van der Waals surface area contributed by atoms with Crippen molar-refractivity contribution in [2.75, 3.05) is 40.5 Å². The second-order valence-electron chi connectivity index (χ2n) is 7.87. The van der Waals surface area contributed by atoms with E-state index in [-0.39, 0.29) is 17.4 Å². The number of carbonyl (C=O) groups is 1. The summed E-state index contributed by atoms with van der Waals surface area (Å²) in [5.41, 5.74) is 2.30. The Bertz CT molecular complexity index is 788. The molecule has 0 unspecified atom stereocenters. The van der Waals surface area contributed by atoms with Gasteiger partial charge < -0.3 is 14.8 Å². The minimum Gasteiger partial charge on any atom is -0.496 e. The van der Waals surface area contributed by atoms with Crippen LogP contribution < -0.4 is 10.1 Å². The summed E-state index contributed by atoms with van der Waals surface area (Å²) < 4.78 is 11.1. The van der Waals surface area contributed by atoms with Crippen molar-refractivity contribution in [2.45, 2.75) is 31.2 Å². The zero-order valence-corrected chi connectivity index (χ0v) is 17.7. The van der Waals surface area contributed by atoms with Crippen LogP contribution in [0.2, 0.25) is 0 Å². The Balaban J connectivity index is 1.62. The van der Waals surface area contributed by atoms with Crippen LogP contribution in [0.1, 0.15) is 36.9 Å². The average molecular weight is 397 g/mol. The van der Waals surface area contributed by atoms with E-state index in [4.69, 9.17) is 9.47 Å². The zero-order chi connectivity index (χ0) is 20.7. The monoisotopic (exact) mass is 396 g/mol. The molecular weight excluding hydrogens is 364 g/mol. The molecule has 0 aliphatic carbocycles. The quantitative estimate of drug-likeness (QED) is 0.741. The predicted molar refractivity (Wildman–Crippen MR) is 115 cm³/mol. The smallest absolute Gasteiger partial charge is 0.234 e. The van der Waals surface area contributed by atoms with Gasteiger partial charge in [0.15, 0.2) is 0 Å². The zero-order valence-electron chi connectivity index (χ0n) is 17.7. The Hall–Kier alpha value is -2.37. The van der Waals surface area contributed by atoms with Gasteiger partial charge >= 0.3 is 0 Å². The van der Waals surface area contributed by atoms with Crippen LogP contribution in [-0.4, -0.2) is 51.3 Å². The van der Waals surface area contributed by atoms with Crippen molar-refractivity contribution in [1.82, 2.24) is 10.2 Å². The first-order chi connectivity index (χ1) is 14.1. The Kier molecular flexibility index (Phi) is 7.29. The lowest BCUT2D eigenvalue weighted by Crippen LogP contribution is -2.46. The number of para-hydroxylation sites is 1. The molecule has 5 heteroatoms. The number of methoxy groups -OCH3 is 1. The van der Waals surface area contributed by atoms with E-state index >= 15 is 0 Å². The maximum Gasteiger partial charge on any atom is 0.234 e. The third-order valence-corrected chi connectivity index (χ3v) is 6.10. The minimum absolute atomic E-state index is 0.0380. The van der Waals surface area contributed by atoms with Crippen molar-refractivity contribution in [2.24, 2.45) is 0 Å². The number of rotatable bonds is 8. The highest BCUT2D eigenvalue weighted by Crippen LogP contribution is 2.34. The highest BCUT2D eigenvalue weighted by atomic mass is 16.5. The lowest BCUT2D eigenvalue weighted by molar-refractivity contribution is -0.122. The summed E-state index contributed by atoms with van der Waals surface area (Å²) in [6.45, 7) is 4.52. The first kappa shape index (κ1) is 21.3. The molecule has 156 valence electrons. The van der Waals surface area contributed by atoms with Gasteiger partial charge in [-0.1, -0.05) is 48.5 Å². The summed E-state index contributed by atoms with van der Waals surface area (Å²) in [6, 6.07) is 18.5. The summed E-state index contributed by atoms with van der Waals surface area (Å²) in [7, 11) is 3.65. The number of hydrogen-bond acceptors (Lipinski definition) is 4. The SMILES string of the molecule is COc1ccccc1[C@H](C)N(C)CC(=O)NCC1(c2ccccc2)CCOCC1. The fourth-order valence-corrected chi connectivity index (χ4v) is 4.06. The van der Waals surface area contributed by atoms with Gasteiger partial charge in [0.1, 0.15) is 5.75 Å². The number of benzene rings is 2. The largest absolute Gasteiger partial charge is 0.496 e. The van der Waals surface area contributed by atoms with E-state index in [1.807, 2.05) is 42.3 Å². The van der Waals surface area contributed by atoms with Crippen LogP contribution in [0.5, 0.6) is 5.75 Å². The summed E-state index contributed by atoms with van der Waals surface area (Å²) in [6.07, 6.45) is 1.84. The number of amides is 1. The van der Waals surface area contributed by atoms with Crippen molar-refractivity contribution in [3.63, 3.8) is 0 Å². The van der Waals surface area contributed by atoms with Gasteiger partial charge in [0.05, 0.1) is 13.7 Å².